The molecular formula is C17H17BrN2. The van der Waals surface area contributed by atoms with Crippen LogP contribution in [0.1, 0.15) is 29.2 Å². The van der Waals surface area contributed by atoms with Crippen molar-refractivity contribution in [2.45, 2.75) is 26.3 Å². The molecule has 0 aliphatic rings. The number of anilines is 1. The van der Waals surface area contributed by atoms with Crippen LogP contribution in [0.15, 0.2) is 46.9 Å². The molecule has 0 aromatic heterocycles. The molecule has 2 aromatic rings. The molecule has 0 radical (unpaired) electrons. The molecule has 2 rings (SSSR count). The van der Waals surface area contributed by atoms with Crippen LogP contribution in [0.4, 0.5) is 5.69 Å². The van der Waals surface area contributed by atoms with E-state index in [4.69, 9.17) is 5.26 Å². The Morgan fingerprint density at radius 3 is 2.50 bits per heavy atom. The van der Waals surface area contributed by atoms with Crippen LogP contribution in [0.3, 0.4) is 0 Å². The average molecular weight is 329 g/mol. The number of hydrogen-bond acceptors (Lipinski definition) is 2. The molecule has 2 aromatic carbocycles. The summed E-state index contributed by atoms with van der Waals surface area (Å²) < 4.78 is 1.04. The molecule has 102 valence electrons. The molecule has 1 atom stereocenters. The molecule has 1 N–H and O–H groups in total. The minimum Gasteiger partial charge on any atom is -0.376 e. The van der Waals surface area contributed by atoms with Gasteiger partial charge in [0.05, 0.1) is 24.2 Å². The zero-order chi connectivity index (χ0) is 14.5. The average Bonchev–Trinajstić information content (AvgIpc) is 2.42. The number of nitrogens with one attached hydrogen (secondary N) is 1. The van der Waals surface area contributed by atoms with Gasteiger partial charge in [0, 0.05) is 4.47 Å². The van der Waals surface area contributed by atoms with Gasteiger partial charge in [-0.2, -0.15) is 5.26 Å². The van der Waals surface area contributed by atoms with Gasteiger partial charge in [-0.25, -0.2) is 0 Å². The maximum Gasteiger partial charge on any atom is 0.0647 e. The number of halogens is 1. The van der Waals surface area contributed by atoms with Crippen LogP contribution < -0.4 is 5.32 Å². The first kappa shape index (κ1) is 14.6. The highest BCUT2D eigenvalue weighted by Crippen LogP contribution is 2.32. The predicted molar refractivity (Wildman–Crippen MR) is 86.7 cm³/mol. The van der Waals surface area contributed by atoms with Crippen LogP contribution in [0.25, 0.3) is 0 Å². The fraction of sp³-hybridized carbons (Fsp3) is 0.235. The molecule has 0 spiro atoms. The first-order valence-corrected chi connectivity index (χ1v) is 7.36. The van der Waals surface area contributed by atoms with Gasteiger partial charge in [0.2, 0.25) is 0 Å². The van der Waals surface area contributed by atoms with Crippen LogP contribution >= 0.6 is 15.9 Å². The van der Waals surface area contributed by atoms with Crippen LogP contribution in [0.5, 0.6) is 0 Å². The van der Waals surface area contributed by atoms with Crippen molar-refractivity contribution in [3.63, 3.8) is 0 Å². The van der Waals surface area contributed by atoms with Crippen molar-refractivity contribution in [1.82, 2.24) is 0 Å². The summed E-state index contributed by atoms with van der Waals surface area (Å²) in [6.07, 6.45) is 0.434. The Hall–Kier alpha value is -1.79. The number of rotatable bonds is 4. The van der Waals surface area contributed by atoms with Crippen molar-refractivity contribution >= 4 is 21.6 Å². The lowest BCUT2D eigenvalue weighted by Gasteiger charge is -2.21. The topological polar surface area (TPSA) is 35.8 Å². The van der Waals surface area contributed by atoms with Crippen LogP contribution in [0.2, 0.25) is 0 Å². The van der Waals surface area contributed by atoms with E-state index in [1.165, 1.54) is 11.1 Å². The lowest BCUT2D eigenvalue weighted by molar-refractivity contribution is 0.804. The normalized spacial score (nSPS) is 11.7. The van der Waals surface area contributed by atoms with Crippen molar-refractivity contribution in [1.29, 1.82) is 5.26 Å². The van der Waals surface area contributed by atoms with Gasteiger partial charge in [0.1, 0.15) is 0 Å². The molecule has 0 aliphatic heterocycles. The first-order chi connectivity index (χ1) is 9.61. The Morgan fingerprint density at radius 1 is 1.20 bits per heavy atom. The van der Waals surface area contributed by atoms with E-state index < -0.39 is 0 Å². The molecular weight excluding hydrogens is 312 g/mol. The van der Waals surface area contributed by atoms with Crippen molar-refractivity contribution in [2.24, 2.45) is 0 Å². The predicted octanol–water partition coefficient (Wildman–Crippen LogP) is 5.13. The summed E-state index contributed by atoms with van der Waals surface area (Å²) in [5.41, 5.74) is 4.58. The monoisotopic (exact) mass is 328 g/mol. The highest BCUT2D eigenvalue weighted by Gasteiger charge is 2.14. The SMILES string of the molecule is Cc1cc(C)c(NC(CC#N)c2ccccc2)c(Br)c1. The second-order valence-corrected chi connectivity index (χ2v) is 5.76. The highest BCUT2D eigenvalue weighted by atomic mass is 79.9. The van der Waals surface area contributed by atoms with E-state index in [1.807, 2.05) is 30.3 Å². The molecule has 20 heavy (non-hydrogen) atoms. The Kier molecular flexibility index (Phi) is 4.81. The van der Waals surface area contributed by atoms with Crippen LogP contribution in [0, 0.1) is 25.2 Å². The third-order valence-electron chi connectivity index (χ3n) is 3.25. The molecule has 0 amide bonds. The highest BCUT2D eigenvalue weighted by molar-refractivity contribution is 9.10. The van der Waals surface area contributed by atoms with Crippen LogP contribution in [-0.2, 0) is 0 Å². The number of nitrogens with zero attached hydrogens (tertiary/aromatic N) is 1. The van der Waals surface area contributed by atoms with Crippen molar-refractivity contribution < 1.29 is 0 Å². The molecule has 0 aliphatic carbocycles. The third kappa shape index (κ3) is 3.40. The van der Waals surface area contributed by atoms with E-state index in [2.05, 4.69) is 53.3 Å². The maximum atomic E-state index is 9.06. The van der Waals surface area contributed by atoms with E-state index in [0.717, 1.165) is 15.7 Å². The second kappa shape index (κ2) is 6.58. The molecule has 2 nitrogen and oxygen atoms in total. The van der Waals surface area contributed by atoms with E-state index in [1.54, 1.807) is 0 Å². The van der Waals surface area contributed by atoms with E-state index in [9.17, 15) is 0 Å². The van der Waals surface area contributed by atoms with Gasteiger partial charge in [0.25, 0.3) is 0 Å². The van der Waals surface area contributed by atoms with E-state index in [0.29, 0.717) is 6.42 Å². The zero-order valence-corrected chi connectivity index (χ0v) is 13.2. The van der Waals surface area contributed by atoms with Crippen molar-refractivity contribution in [3.05, 3.63) is 63.6 Å². The van der Waals surface area contributed by atoms with E-state index >= 15 is 0 Å². The van der Waals surface area contributed by atoms with Gasteiger partial charge >= 0.3 is 0 Å². The lowest BCUT2D eigenvalue weighted by atomic mass is 10.0. The Balaban J connectivity index is 2.33. The van der Waals surface area contributed by atoms with Gasteiger partial charge in [-0.3, -0.25) is 0 Å². The van der Waals surface area contributed by atoms with Crippen LogP contribution in [-0.4, -0.2) is 0 Å². The smallest absolute Gasteiger partial charge is 0.0647 e. The molecule has 0 fully saturated rings. The maximum absolute atomic E-state index is 9.06. The lowest BCUT2D eigenvalue weighted by Crippen LogP contribution is -2.11. The minimum atomic E-state index is -0.00101. The molecule has 0 bridgehead atoms. The van der Waals surface area contributed by atoms with E-state index in [-0.39, 0.29) is 6.04 Å². The van der Waals surface area contributed by atoms with Crippen molar-refractivity contribution in [2.75, 3.05) is 5.32 Å². The van der Waals surface area contributed by atoms with Gasteiger partial charge in [0.15, 0.2) is 0 Å². The first-order valence-electron chi connectivity index (χ1n) is 6.57. The van der Waals surface area contributed by atoms with Gasteiger partial charge in [-0.1, -0.05) is 36.4 Å². The Morgan fingerprint density at radius 2 is 1.90 bits per heavy atom. The molecule has 1 unspecified atom stereocenters. The van der Waals surface area contributed by atoms with Gasteiger partial charge in [-0.05, 0) is 52.5 Å². The fourth-order valence-electron chi connectivity index (χ4n) is 2.30. The molecule has 0 heterocycles. The second-order valence-electron chi connectivity index (χ2n) is 4.91. The Labute approximate surface area is 128 Å². The summed E-state index contributed by atoms with van der Waals surface area (Å²) in [6.45, 7) is 4.15. The summed E-state index contributed by atoms with van der Waals surface area (Å²) in [7, 11) is 0. The number of nitriles is 1. The number of benzene rings is 2. The van der Waals surface area contributed by atoms with Gasteiger partial charge < -0.3 is 5.32 Å². The standard InChI is InChI=1S/C17H17BrN2/c1-12-10-13(2)17(15(18)11-12)20-16(8-9-19)14-6-4-3-5-7-14/h3-7,10-11,16,20H,8H2,1-2H3. The summed E-state index contributed by atoms with van der Waals surface area (Å²) in [5, 5.41) is 12.5. The number of aryl methyl sites for hydroxylation is 2. The fourth-order valence-corrected chi connectivity index (χ4v) is 3.09. The summed E-state index contributed by atoms with van der Waals surface area (Å²) in [5.74, 6) is 0. The summed E-state index contributed by atoms with van der Waals surface area (Å²) in [4.78, 5) is 0. The largest absolute Gasteiger partial charge is 0.376 e. The Bertz CT molecular complexity index is 606. The zero-order valence-electron chi connectivity index (χ0n) is 11.7. The third-order valence-corrected chi connectivity index (χ3v) is 3.87. The van der Waals surface area contributed by atoms with Crippen molar-refractivity contribution in [3.8, 4) is 6.07 Å². The summed E-state index contributed by atoms with van der Waals surface area (Å²) >= 11 is 3.60. The summed E-state index contributed by atoms with van der Waals surface area (Å²) in [6, 6.07) is 16.6. The molecule has 3 heteroatoms. The quantitative estimate of drug-likeness (QED) is 0.844. The molecule has 0 saturated heterocycles. The minimum absolute atomic E-state index is 0.00101. The number of hydrogen-bond donors (Lipinski definition) is 1. The molecule has 0 saturated carbocycles. The van der Waals surface area contributed by atoms with Gasteiger partial charge in [-0.15, -0.1) is 0 Å².